The van der Waals surface area contributed by atoms with Gasteiger partial charge in [-0.3, -0.25) is 0 Å². The van der Waals surface area contributed by atoms with Crippen LogP contribution in [0.1, 0.15) is 18.9 Å². The van der Waals surface area contributed by atoms with Crippen molar-refractivity contribution >= 4 is 15.9 Å². The van der Waals surface area contributed by atoms with E-state index >= 15 is 0 Å². The molecule has 0 aliphatic carbocycles. The van der Waals surface area contributed by atoms with E-state index in [0.717, 1.165) is 25.3 Å². The number of hydrogen-bond donors (Lipinski definition) is 1. The maximum atomic E-state index is 5.27. The van der Waals surface area contributed by atoms with Crippen molar-refractivity contribution in [1.29, 1.82) is 0 Å². The molecule has 0 radical (unpaired) electrons. The zero-order valence-corrected chi connectivity index (χ0v) is 11.4. The second kappa shape index (κ2) is 4.76. The third-order valence-electron chi connectivity index (χ3n) is 3.57. The maximum Gasteiger partial charge on any atom is 0.119 e. The van der Waals surface area contributed by atoms with Gasteiger partial charge in [0.15, 0.2) is 0 Å². The highest BCUT2D eigenvalue weighted by Gasteiger charge is 2.35. The van der Waals surface area contributed by atoms with Crippen LogP contribution >= 0.6 is 15.9 Å². The highest BCUT2D eigenvalue weighted by molar-refractivity contribution is 9.10. The van der Waals surface area contributed by atoms with Gasteiger partial charge in [0.2, 0.25) is 0 Å². The van der Waals surface area contributed by atoms with Crippen LogP contribution in [0.2, 0.25) is 0 Å². The van der Waals surface area contributed by atoms with Gasteiger partial charge in [-0.25, -0.2) is 0 Å². The van der Waals surface area contributed by atoms with E-state index in [1.807, 2.05) is 6.07 Å². The zero-order valence-electron chi connectivity index (χ0n) is 9.85. The van der Waals surface area contributed by atoms with Crippen molar-refractivity contribution < 1.29 is 4.74 Å². The Balaban J connectivity index is 2.19. The summed E-state index contributed by atoms with van der Waals surface area (Å²) in [6.07, 6.45) is 2.35. The first-order valence-corrected chi connectivity index (χ1v) is 6.51. The van der Waals surface area contributed by atoms with Crippen molar-refractivity contribution in [3.8, 4) is 5.75 Å². The molecular formula is C13H18BrNO. The molecule has 3 heteroatoms. The van der Waals surface area contributed by atoms with Crippen molar-refractivity contribution in [3.05, 3.63) is 28.2 Å². The summed E-state index contributed by atoms with van der Waals surface area (Å²) in [4.78, 5) is 0. The van der Waals surface area contributed by atoms with Gasteiger partial charge in [-0.1, -0.05) is 22.9 Å². The zero-order chi connectivity index (χ0) is 11.6. The average Bonchev–Trinajstić information content (AvgIpc) is 2.26. The Morgan fingerprint density at radius 2 is 2.19 bits per heavy atom. The van der Waals surface area contributed by atoms with Crippen LogP contribution in [0.4, 0.5) is 0 Å². The molecule has 88 valence electrons. The third-order valence-corrected chi connectivity index (χ3v) is 4.34. The number of nitrogens with one attached hydrogen (secondary N) is 1. The summed E-state index contributed by atoms with van der Waals surface area (Å²) in [5.74, 6) is 0.941. The van der Waals surface area contributed by atoms with E-state index in [1.165, 1.54) is 16.5 Å². The first-order valence-electron chi connectivity index (χ1n) is 5.72. The molecule has 1 aromatic carbocycles. The molecule has 1 fully saturated rings. The molecule has 0 unspecified atom stereocenters. The predicted octanol–water partition coefficient (Wildman–Crippen LogP) is 3.00. The molecule has 0 saturated carbocycles. The quantitative estimate of drug-likeness (QED) is 0.917. The van der Waals surface area contributed by atoms with Gasteiger partial charge in [0.05, 0.1) is 7.11 Å². The van der Waals surface area contributed by atoms with Gasteiger partial charge >= 0.3 is 0 Å². The van der Waals surface area contributed by atoms with E-state index in [2.05, 4.69) is 40.3 Å². The van der Waals surface area contributed by atoms with Crippen molar-refractivity contribution in [2.45, 2.75) is 19.8 Å². The minimum absolute atomic E-state index is 0.453. The van der Waals surface area contributed by atoms with Crippen molar-refractivity contribution in [3.63, 3.8) is 0 Å². The second-order valence-electron chi connectivity index (χ2n) is 4.59. The van der Waals surface area contributed by atoms with Crippen LogP contribution in [0, 0.1) is 5.41 Å². The lowest BCUT2D eigenvalue weighted by Gasteiger charge is -2.42. The monoisotopic (exact) mass is 283 g/mol. The summed E-state index contributed by atoms with van der Waals surface area (Å²) in [6.45, 7) is 4.54. The van der Waals surface area contributed by atoms with E-state index < -0.39 is 0 Å². The Morgan fingerprint density at radius 3 is 2.69 bits per heavy atom. The number of methoxy groups -OCH3 is 1. The Morgan fingerprint density at radius 1 is 1.44 bits per heavy atom. The molecule has 1 saturated heterocycles. The van der Waals surface area contributed by atoms with E-state index in [1.54, 1.807) is 7.11 Å². The Bertz CT molecular complexity index is 369. The Hall–Kier alpha value is -0.540. The molecule has 1 N–H and O–H groups in total. The van der Waals surface area contributed by atoms with E-state index in [4.69, 9.17) is 4.74 Å². The van der Waals surface area contributed by atoms with Crippen molar-refractivity contribution in [1.82, 2.24) is 5.32 Å². The number of ether oxygens (including phenoxy) is 1. The lowest BCUT2D eigenvalue weighted by molar-refractivity contribution is 0.160. The topological polar surface area (TPSA) is 21.3 Å². The van der Waals surface area contributed by atoms with Crippen LogP contribution in [0.25, 0.3) is 0 Å². The molecule has 0 aromatic heterocycles. The van der Waals surface area contributed by atoms with Crippen LogP contribution in [0.3, 0.4) is 0 Å². The molecule has 1 aromatic rings. The standard InChI is InChI=1S/C13H18BrNO/c1-3-13(8-15-9-13)7-10-6-11(16-2)4-5-12(10)14/h4-6,15H,3,7-9H2,1-2H3. The van der Waals surface area contributed by atoms with Crippen LogP contribution in [-0.2, 0) is 6.42 Å². The molecule has 1 heterocycles. The normalized spacial score (nSPS) is 17.9. The van der Waals surface area contributed by atoms with E-state index in [0.29, 0.717) is 5.41 Å². The number of benzene rings is 1. The maximum absolute atomic E-state index is 5.27. The molecular weight excluding hydrogens is 266 g/mol. The Labute approximate surface area is 106 Å². The molecule has 1 aliphatic heterocycles. The number of hydrogen-bond acceptors (Lipinski definition) is 2. The fraction of sp³-hybridized carbons (Fsp3) is 0.538. The highest BCUT2D eigenvalue weighted by Crippen LogP contribution is 2.34. The van der Waals surface area contributed by atoms with E-state index in [9.17, 15) is 0 Å². The van der Waals surface area contributed by atoms with Gasteiger partial charge in [0, 0.05) is 17.6 Å². The molecule has 1 aliphatic rings. The Kier molecular flexibility index (Phi) is 3.55. The minimum atomic E-state index is 0.453. The van der Waals surface area contributed by atoms with Gasteiger partial charge in [-0.2, -0.15) is 0 Å². The predicted molar refractivity (Wildman–Crippen MR) is 70.0 cm³/mol. The molecule has 0 spiro atoms. The summed E-state index contributed by atoms with van der Waals surface area (Å²) in [5, 5.41) is 3.37. The molecule has 2 nitrogen and oxygen atoms in total. The third kappa shape index (κ3) is 2.25. The van der Waals surface area contributed by atoms with Gasteiger partial charge in [0.25, 0.3) is 0 Å². The minimum Gasteiger partial charge on any atom is -0.497 e. The van der Waals surface area contributed by atoms with Gasteiger partial charge in [-0.15, -0.1) is 0 Å². The lowest BCUT2D eigenvalue weighted by atomic mass is 9.74. The van der Waals surface area contributed by atoms with Crippen LogP contribution in [-0.4, -0.2) is 20.2 Å². The fourth-order valence-corrected chi connectivity index (χ4v) is 2.58. The number of halogens is 1. The SMILES string of the molecule is CCC1(Cc2cc(OC)ccc2Br)CNC1. The van der Waals surface area contributed by atoms with Gasteiger partial charge in [-0.05, 0) is 42.0 Å². The van der Waals surface area contributed by atoms with Crippen LogP contribution in [0.15, 0.2) is 22.7 Å². The van der Waals surface area contributed by atoms with E-state index in [-0.39, 0.29) is 0 Å². The average molecular weight is 284 g/mol. The molecule has 0 bridgehead atoms. The molecule has 16 heavy (non-hydrogen) atoms. The summed E-state index contributed by atoms with van der Waals surface area (Å²) in [5.41, 5.74) is 1.80. The first-order chi connectivity index (χ1) is 7.69. The summed E-state index contributed by atoms with van der Waals surface area (Å²) in [6, 6.07) is 6.20. The van der Waals surface area contributed by atoms with Crippen molar-refractivity contribution in [2.24, 2.45) is 5.41 Å². The second-order valence-corrected chi connectivity index (χ2v) is 5.45. The molecule has 0 amide bonds. The smallest absolute Gasteiger partial charge is 0.119 e. The summed E-state index contributed by atoms with van der Waals surface area (Å²) in [7, 11) is 1.72. The lowest BCUT2D eigenvalue weighted by Crippen LogP contribution is -2.54. The van der Waals surface area contributed by atoms with Crippen molar-refractivity contribution in [2.75, 3.05) is 20.2 Å². The summed E-state index contributed by atoms with van der Waals surface area (Å²) < 4.78 is 6.46. The van der Waals surface area contributed by atoms with Crippen LogP contribution in [0.5, 0.6) is 5.75 Å². The fourth-order valence-electron chi connectivity index (χ4n) is 2.20. The number of rotatable bonds is 4. The largest absolute Gasteiger partial charge is 0.497 e. The first kappa shape index (κ1) is 11.9. The highest BCUT2D eigenvalue weighted by atomic mass is 79.9. The van der Waals surface area contributed by atoms with Crippen LogP contribution < -0.4 is 10.1 Å². The summed E-state index contributed by atoms with van der Waals surface area (Å²) >= 11 is 3.62. The molecule has 0 atom stereocenters. The van der Waals surface area contributed by atoms with Gasteiger partial charge < -0.3 is 10.1 Å². The van der Waals surface area contributed by atoms with Gasteiger partial charge in [0.1, 0.15) is 5.75 Å². The molecule has 2 rings (SSSR count).